The second-order valence-corrected chi connectivity index (χ2v) is 4.10. The molecule has 0 amide bonds. The number of halogens is 6. The Hall–Kier alpha value is -0.790. The van der Waals surface area contributed by atoms with Crippen LogP contribution in [0.5, 0.6) is 5.88 Å². The highest BCUT2D eigenvalue weighted by atomic mass is 35.5. The summed E-state index contributed by atoms with van der Waals surface area (Å²) in [6, 6.07) is 1.04. The van der Waals surface area contributed by atoms with Crippen LogP contribution >= 0.6 is 24.0 Å². The third-order valence-electron chi connectivity index (χ3n) is 2.07. The average Bonchev–Trinajstić information content (AvgIpc) is 2.26. The van der Waals surface area contributed by atoms with Crippen molar-refractivity contribution in [3.63, 3.8) is 0 Å². The van der Waals surface area contributed by atoms with Crippen molar-refractivity contribution < 1.29 is 22.3 Å². The molecule has 0 fully saturated rings. The minimum atomic E-state index is -4.25. The summed E-state index contributed by atoms with van der Waals surface area (Å²) in [5, 5.41) is -0.0603. The van der Waals surface area contributed by atoms with E-state index in [1.54, 1.807) is 6.92 Å². The van der Waals surface area contributed by atoms with Gasteiger partial charge in [0, 0.05) is 12.2 Å². The van der Waals surface area contributed by atoms with E-state index < -0.39 is 19.0 Å². The summed E-state index contributed by atoms with van der Waals surface area (Å²) in [4.78, 5) is 3.65. The van der Waals surface area contributed by atoms with Gasteiger partial charge in [-0.25, -0.2) is 13.8 Å². The third kappa shape index (κ3) is 5.00. The van der Waals surface area contributed by atoms with Crippen LogP contribution in [0.1, 0.15) is 18.5 Å². The minimum Gasteiger partial charge on any atom is -0.470 e. The summed E-state index contributed by atoms with van der Waals surface area (Å²) in [5.74, 6) is -4.58. The molecule has 2 N–H and O–H groups in total. The number of nitrogens with zero attached hydrogens (tertiary/aromatic N) is 1. The van der Waals surface area contributed by atoms with Crippen molar-refractivity contribution in [1.29, 1.82) is 0 Å². The van der Waals surface area contributed by atoms with Gasteiger partial charge >= 0.3 is 12.3 Å². The molecule has 3 nitrogen and oxygen atoms in total. The van der Waals surface area contributed by atoms with Crippen molar-refractivity contribution in [2.45, 2.75) is 25.3 Å². The van der Waals surface area contributed by atoms with Gasteiger partial charge < -0.3 is 10.5 Å². The molecule has 1 rings (SSSR count). The van der Waals surface area contributed by atoms with Crippen molar-refractivity contribution >= 4 is 24.0 Å². The van der Waals surface area contributed by atoms with E-state index in [4.69, 9.17) is 17.3 Å². The number of rotatable bonds is 5. The summed E-state index contributed by atoms with van der Waals surface area (Å²) >= 11 is 5.71. The van der Waals surface area contributed by atoms with Gasteiger partial charge in [0.05, 0.1) is 0 Å². The first-order valence-electron chi connectivity index (χ1n) is 4.94. The molecule has 1 atom stereocenters. The van der Waals surface area contributed by atoms with Crippen LogP contribution in [0.3, 0.4) is 0 Å². The molecule has 0 bridgehead atoms. The fraction of sp³-hybridized carbons (Fsp3) is 0.500. The summed E-state index contributed by atoms with van der Waals surface area (Å²) in [7, 11) is 0. The van der Waals surface area contributed by atoms with E-state index in [0.29, 0.717) is 5.56 Å². The van der Waals surface area contributed by atoms with Crippen LogP contribution in [0, 0.1) is 0 Å². The van der Waals surface area contributed by atoms with Gasteiger partial charge in [0.25, 0.3) is 0 Å². The Balaban J connectivity index is 0.00000324. The molecule has 0 aliphatic heterocycles. The molecular weight excluding hydrogens is 311 g/mol. The maximum absolute atomic E-state index is 12.6. The maximum Gasteiger partial charge on any atom is 0.340 e. The summed E-state index contributed by atoms with van der Waals surface area (Å²) < 4.78 is 53.5. The van der Waals surface area contributed by atoms with Crippen molar-refractivity contribution in [2.24, 2.45) is 5.73 Å². The maximum atomic E-state index is 12.6. The van der Waals surface area contributed by atoms with E-state index in [1.807, 2.05) is 0 Å². The molecule has 1 aromatic heterocycles. The van der Waals surface area contributed by atoms with Crippen molar-refractivity contribution in [3.05, 3.63) is 22.8 Å². The molecule has 0 aliphatic rings. The first kappa shape index (κ1) is 18.2. The van der Waals surface area contributed by atoms with Gasteiger partial charge in [-0.1, -0.05) is 11.6 Å². The Morgan fingerprint density at radius 1 is 1.47 bits per heavy atom. The van der Waals surface area contributed by atoms with E-state index in [-0.39, 0.29) is 29.4 Å². The number of ether oxygens (including phenoxy) is 1. The lowest BCUT2D eigenvalue weighted by Gasteiger charge is -2.16. The first-order chi connectivity index (χ1) is 8.24. The van der Waals surface area contributed by atoms with Crippen LogP contribution < -0.4 is 10.5 Å². The normalized spacial score (nSPS) is 13.1. The van der Waals surface area contributed by atoms with Crippen LogP contribution in [-0.4, -0.2) is 23.9 Å². The molecular formula is C10H12Cl2F4N2O. The highest BCUT2D eigenvalue weighted by Crippen LogP contribution is 2.28. The SMILES string of the molecule is CC(N)c1cnc(OCC(F)(F)C(F)F)c(Cl)c1.Cl. The van der Waals surface area contributed by atoms with E-state index in [2.05, 4.69) is 9.72 Å². The zero-order chi connectivity index (χ0) is 13.9. The van der Waals surface area contributed by atoms with Gasteiger partial charge in [0.1, 0.15) is 5.02 Å². The molecule has 1 unspecified atom stereocenters. The Morgan fingerprint density at radius 3 is 2.47 bits per heavy atom. The number of hydrogen-bond donors (Lipinski definition) is 1. The standard InChI is InChI=1S/C10H11ClF4N2O.ClH/c1-5(16)6-2-7(11)8(17-3-6)18-4-10(14,15)9(12)13;/h2-3,5,9H,4,16H2,1H3;1H. The fourth-order valence-corrected chi connectivity index (χ4v) is 1.25. The van der Waals surface area contributed by atoms with Crippen LogP contribution in [0.15, 0.2) is 12.3 Å². The van der Waals surface area contributed by atoms with E-state index in [9.17, 15) is 17.6 Å². The molecule has 0 aliphatic carbocycles. The van der Waals surface area contributed by atoms with Gasteiger partial charge in [-0.3, -0.25) is 0 Å². The Morgan fingerprint density at radius 2 is 2.05 bits per heavy atom. The smallest absolute Gasteiger partial charge is 0.340 e. The van der Waals surface area contributed by atoms with Gasteiger partial charge in [-0.15, -0.1) is 12.4 Å². The lowest BCUT2D eigenvalue weighted by Crippen LogP contribution is -2.34. The number of nitrogens with two attached hydrogens (primary N) is 1. The van der Waals surface area contributed by atoms with Gasteiger partial charge in [0.2, 0.25) is 5.88 Å². The van der Waals surface area contributed by atoms with Gasteiger partial charge in [-0.2, -0.15) is 8.78 Å². The zero-order valence-corrected chi connectivity index (χ0v) is 11.3. The zero-order valence-electron chi connectivity index (χ0n) is 9.75. The number of aromatic nitrogens is 1. The fourth-order valence-electron chi connectivity index (χ4n) is 1.02. The molecule has 110 valence electrons. The lowest BCUT2D eigenvalue weighted by atomic mass is 10.2. The number of hydrogen-bond acceptors (Lipinski definition) is 3. The molecule has 1 aromatic rings. The second-order valence-electron chi connectivity index (χ2n) is 3.69. The molecule has 0 saturated heterocycles. The monoisotopic (exact) mass is 322 g/mol. The Labute approximate surface area is 118 Å². The summed E-state index contributed by atoms with van der Waals surface area (Å²) in [6.07, 6.45) is -2.52. The molecule has 0 radical (unpaired) electrons. The topological polar surface area (TPSA) is 48.1 Å². The van der Waals surface area contributed by atoms with Crippen LogP contribution in [-0.2, 0) is 0 Å². The van der Waals surface area contributed by atoms with E-state index in [1.165, 1.54) is 12.3 Å². The van der Waals surface area contributed by atoms with E-state index >= 15 is 0 Å². The summed E-state index contributed by atoms with van der Waals surface area (Å²) in [6.45, 7) is 0.188. The highest BCUT2D eigenvalue weighted by molar-refractivity contribution is 6.31. The average molecular weight is 323 g/mol. The van der Waals surface area contributed by atoms with Crippen molar-refractivity contribution in [3.8, 4) is 5.88 Å². The highest BCUT2D eigenvalue weighted by Gasteiger charge is 2.42. The van der Waals surface area contributed by atoms with Crippen LogP contribution in [0.25, 0.3) is 0 Å². The minimum absolute atomic E-state index is 0. The van der Waals surface area contributed by atoms with Crippen molar-refractivity contribution in [1.82, 2.24) is 4.98 Å². The Bertz CT molecular complexity index is 419. The predicted molar refractivity (Wildman–Crippen MR) is 65.5 cm³/mol. The molecule has 0 saturated carbocycles. The number of pyridine rings is 1. The van der Waals surface area contributed by atoms with Crippen molar-refractivity contribution in [2.75, 3.05) is 6.61 Å². The number of alkyl halides is 4. The largest absolute Gasteiger partial charge is 0.470 e. The van der Waals surface area contributed by atoms with Crippen LogP contribution in [0.2, 0.25) is 5.02 Å². The summed E-state index contributed by atoms with van der Waals surface area (Å²) in [5.41, 5.74) is 6.13. The lowest BCUT2D eigenvalue weighted by molar-refractivity contribution is -0.148. The third-order valence-corrected chi connectivity index (χ3v) is 2.35. The van der Waals surface area contributed by atoms with Gasteiger partial charge in [0.15, 0.2) is 6.61 Å². The van der Waals surface area contributed by atoms with Crippen LogP contribution in [0.4, 0.5) is 17.6 Å². The molecule has 0 spiro atoms. The first-order valence-corrected chi connectivity index (χ1v) is 5.31. The molecule has 0 aromatic carbocycles. The molecule has 9 heteroatoms. The predicted octanol–water partition coefficient (Wildman–Crippen LogP) is 3.46. The quantitative estimate of drug-likeness (QED) is 0.844. The van der Waals surface area contributed by atoms with Gasteiger partial charge in [-0.05, 0) is 18.6 Å². The Kier molecular flexibility index (Phi) is 6.82. The second kappa shape index (κ2) is 7.12. The molecule has 19 heavy (non-hydrogen) atoms. The van der Waals surface area contributed by atoms with E-state index in [0.717, 1.165) is 0 Å². The molecule has 1 heterocycles.